The summed E-state index contributed by atoms with van der Waals surface area (Å²) < 4.78 is 11.1. The Labute approximate surface area is 200 Å². The fraction of sp³-hybridized carbons (Fsp3) is 0.192. The molecule has 0 aliphatic carbocycles. The number of carbonyl (C=O) groups excluding carboxylic acids is 2. The van der Waals surface area contributed by atoms with Crippen LogP contribution in [0.25, 0.3) is 21.9 Å². The van der Waals surface area contributed by atoms with Gasteiger partial charge >= 0.3 is 6.03 Å². The van der Waals surface area contributed by atoms with E-state index in [1.54, 1.807) is 55.5 Å². The number of nitrogens with zero attached hydrogens (tertiary/aromatic N) is 1. The lowest BCUT2D eigenvalue weighted by Gasteiger charge is -2.12. The van der Waals surface area contributed by atoms with Gasteiger partial charge in [0.05, 0.1) is 5.69 Å². The highest BCUT2D eigenvalue weighted by atomic mass is 16.5. The molecule has 0 bridgehead atoms. The Hall–Kier alpha value is -4.53. The number of aromatic hydroxyl groups is 1. The van der Waals surface area contributed by atoms with E-state index in [1.807, 2.05) is 20.8 Å². The number of amides is 2. The van der Waals surface area contributed by atoms with E-state index in [4.69, 9.17) is 8.94 Å². The minimum absolute atomic E-state index is 0.123. The molecular formula is C26H24N4O5. The summed E-state index contributed by atoms with van der Waals surface area (Å²) in [6.45, 7) is 7.76. The second-order valence-corrected chi connectivity index (χ2v) is 9.46. The van der Waals surface area contributed by atoms with E-state index >= 15 is 0 Å². The van der Waals surface area contributed by atoms with E-state index < -0.39 is 6.03 Å². The number of urea groups is 1. The second kappa shape index (κ2) is 8.05. The van der Waals surface area contributed by atoms with Crippen LogP contribution in [0.3, 0.4) is 0 Å². The molecule has 0 saturated carbocycles. The highest BCUT2D eigenvalue weighted by Crippen LogP contribution is 2.31. The summed E-state index contributed by atoms with van der Waals surface area (Å²) in [5.41, 5.74) is 2.57. The highest BCUT2D eigenvalue weighted by molar-refractivity contribution is 6.12. The van der Waals surface area contributed by atoms with Gasteiger partial charge in [-0.1, -0.05) is 25.9 Å². The van der Waals surface area contributed by atoms with E-state index in [1.165, 1.54) is 0 Å². The summed E-state index contributed by atoms with van der Waals surface area (Å²) in [7, 11) is 0. The molecule has 2 amide bonds. The molecule has 3 heterocycles. The van der Waals surface area contributed by atoms with E-state index in [9.17, 15) is 14.7 Å². The number of fused-ring (bicyclic) bond motifs is 2. The largest absolute Gasteiger partial charge is 0.508 e. The lowest BCUT2D eigenvalue weighted by atomic mass is 9.93. The van der Waals surface area contributed by atoms with Gasteiger partial charge in [-0.05, 0) is 49.4 Å². The molecule has 0 fully saturated rings. The molecule has 0 saturated heterocycles. The maximum atomic E-state index is 13.1. The Balaban J connectivity index is 1.36. The molecule has 0 radical (unpaired) electrons. The molecule has 5 aromatic rings. The van der Waals surface area contributed by atoms with Gasteiger partial charge in [0.2, 0.25) is 5.78 Å². The number of furan rings is 1. The van der Waals surface area contributed by atoms with Gasteiger partial charge < -0.3 is 24.3 Å². The molecule has 5 rings (SSSR count). The van der Waals surface area contributed by atoms with Crippen molar-refractivity contribution in [3.63, 3.8) is 0 Å². The van der Waals surface area contributed by atoms with Crippen LogP contribution in [0.2, 0.25) is 0 Å². The van der Waals surface area contributed by atoms with E-state index in [0.717, 1.165) is 10.9 Å². The first-order valence-electron chi connectivity index (χ1n) is 11.0. The number of ketones is 1. The molecule has 4 N–H and O–H groups in total. The number of phenolic OH excluding ortho intramolecular Hbond substituents is 1. The first kappa shape index (κ1) is 22.3. The summed E-state index contributed by atoms with van der Waals surface area (Å²) in [5, 5.41) is 20.4. The quantitative estimate of drug-likeness (QED) is 0.234. The number of hydrogen-bond acceptors (Lipinski definition) is 6. The summed E-state index contributed by atoms with van der Waals surface area (Å²) in [6.07, 6.45) is 0. The lowest BCUT2D eigenvalue weighted by Crippen LogP contribution is -2.19. The molecule has 3 aromatic heterocycles. The third-order valence-corrected chi connectivity index (χ3v) is 5.74. The number of anilines is 2. The second-order valence-electron chi connectivity index (χ2n) is 9.46. The third kappa shape index (κ3) is 4.23. The van der Waals surface area contributed by atoms with Gasteiger partial charge in [0.25, 0.3) is 0 Å². The van der Waals surface area contributed by atoms with Crippen molar-refractivity contribution in [2.24, 2.45) is 0 Å². The minimum Gasteiger partial charge on any atom is -0.508 e. The number of rotatable bonds is 4. The van der Waals surface area contributed by atoms with Crippen molar-refractivity contribution in [3.05, 3.63) is 71.3 Å². The van der Waals surface area contributed by atoms with Crippen molar-refractivity contribution in [1.29, 1.82) is 0 Å². The minimum atomic E-state index is -0.475. The number of H-pyrrole nitrogens is 1. The van der Waals surface area contributed by atoms with Gasteiger partial charge in [-0.3, -0.25) is 10.1 Å². The Morgan fingerprint density at radius 3 is 2.57 bits per heavy atom. The number of carbonyl (C=O) groups is 2. The number of hydrogen-bond donors (Lipinski definition) is 4. The van der Waals surface area contributed by atoms with Crippen molar-refractivity contribution in [1.82, 2.24) is 10.1 Å². The zero-order chi connectivity index (χ0) is 24.9. The zero-order valence-electron chi connectivity index (χ0n) is 19.6. The van der Waals surface area contributed by atoms with Crippen LogP contribution in [0, 0.1) is 6.92 Å². The van der Waals surface area contributed by atoms with Crippen LogP contribution in [0.1, 0.15) is 48.3 Å². The maximum absolute atomic E-state index is 13.1. The molecule has 2 aromatic carbocycles. The smallest absolute Gasteiger partial charge is 0.324 e. The van der Waals surface area contributed by atoms with Crippen molar-refractivity contribution < 1.29 is 23.6 Å². The Kier molecular flexibility index (Phi) is 5.12. The number of aromatic nitrogens is 2. The van der Waals surface area contributed by atoms with Crippen molar-refractivity contribution in [2.45, 2.75) is 33.1 Å². The monoisotopic (exact) mass is 472 g/mol. The fourth-order valence-corrected chi connectivity index (χ4v) is 3.85. The summed E-state index contributed by atoms with van der Waals surface area (Å²) >= 11 is 0. The van der Waals surface area contributed by atoms with E-state index in [2.05, 4.69) is 20.8 Å². The van der Waals surface area contributed by atoms with Crippen LogP contribution in [0.5, 0.6) is 5.75 Å². The van der Waals surface area contributed by atoms with Gasteiger partial charge in [-0.25, -0.2) is 4.79 Å². The van der Waals surface area contributed by atoms with Gasteiger partial charge in [0.15, 0.2) is 11.6 Å². The number of aryl methyl sites for hydroxylation is 1. The van der Waals surface area contributed by atoms with Crippen LogP contribution >= 0.6 is 0 Å². The van der Waals surface area contributed by atoms with E-state index in [-0.39, 0.29) is 22.7 Å². The average Bonchev–Trinajstić information content (AvgIpc) is 3.50. The van der Waals surface area contributed by atoms with Crippen LogP contribution in [-0.4, -0.2) is 27.1 Å². The Morgan fingerprint density at radius 2 is 1.83 bits per heavy atom. The van der Waals surface area contributed by atoms with Gasteiger partial charge in [-0.2, -0.15) is 0 Å². The molecule has 178 valence electrons. The van der Waals surface area contributed by atoms with Gasteiger partial charge in [0, 0.05) is 39.0 Å². The number of phenols is 1. The van der Waals surface area contributed by atoms with Crippen LogP contribution in [0.4, 0.5) is 16.3 Å². The highest BCUT2D eigenvalue weighted by Gasteiger charge is 2.22. The predicted molar refractivity (Wildman–Crippen MR) is 132 cm³/mol. The SMILES string of the molecule is Cc1c(C(=O)c2cc3cc(O)ccc3[nH]2)oc2ccc(NC(=O)Nc3cc(C(C)(C)C)on3)cc12. The maximum Gasteiger partial charge on any atom is 0.324 e. The predicted octanol–water partition coefficient (Wildman–Crippen LogP) is 6.09. The summed E-state index contributed by atoms with van der Waals surface area (Å²) in [6, 6.07) is 12.9. The van der Waals surface area contributed by atoms with Crippen LogP contribution in [0.15, 0.2) is 57.5 Å². The van der Waals surface area contributed by atoms with Crippen molar-refractivity contribution >= 4 is 45.2 Å². The van der Waals surface area contributed by atoms with Gasteiger partial charge in [0.1, 0.15) is 17.1 Å². The normalized spacial score (nSPS) is 11.8. The zero-order valence-corrected chi connectivity index (χ0v) is 19.6. The molecule has 9 nitrogen and oxygen atoms in total. The molecule has 35 heavy (non-hydrogen) atoms. The first-order valence-corrected chi connectivity index (χ1v) is 11.0. The lowest BCUT2D eigenvalue weighted by molar-refractivity contribution is 0.101. The Morgan fingerprint density at radius 1 is 1.03 bits per heavy atom. The topological polar surface area (TPSA) is 133 Å². The number of aromatic amines is 1. The molecule has 0 atom stereocenters. The summed E-state index contributed by atoms with van der Waals surface area (Å²) in [4.78, 5) is 28.7. The summed E-state index contributed by atoms with van der Waals surface area (Å²) in [5.74, 6) is 0.995. The Bertz CT molecular complexity index is 1600. The standard InChI is InChI=1S/C26H24N4O5/c1-13-17-11-15(27-25(33)29-22-12-21(35-30-22)26(2,3)4)5-8-20(17)34-24(13)23(32)19-10-14-9-16(31)6-7-18(14)28-19/h5-12,28,31H,1-4H3,(H2,27,29,30,33). The average molecular weight is 473 g/mol. The first-order chi connectivity index (χ1) is 16.6. The number of nitrogens with one attached hydrogen (secondary N) is 3. The van der Waals surface area contributed by atoms with Crippen molar-refractivity contribution in [2.75, 3.05) is 10.6 Å². The fourth-order valence-electron chi connectivity index (χ4n) is 3.85. The molecule has 9 heteroatoms. The third-order valence-electron chi connectivity index (χ3n) is 5.74. The van der Waals surface area contributed by atoms with E-state index in [0.29, 0.717) is 39.5 Å². The van der Waals surface area contributed by atoms with Crippen LogP contribution in [-0.2, 0) is 5.41 Å². The van der Waals surface area contributed by atoms with Crippen molar-refractivity contribution in [3.8, 4) is 5.75 Å². The van der Waals surface area contributed by atoms with Crippen LogP contribution < -0.4 is 10.6 Å². The molecule has 0 aliphatic rings. The van der Waals surface area contributed by atoms with Gasteiger partial charge in [-0.15, -0.1) is 0 Å². The number of benzene rings is 2. The molecular weight excluding hydrogens is 448 g/mol. The molecule has 0 spiro atoms. The molecule has 0 aliphatic heterocycles. The molecule has 0 unspecified atom stereocenters.